The highest BCUT2D eigenvalue weighted by Gasteiger charge is 2.24. The molecule has 0 aliphatic rings. The molecule has 1 amide bonds. The SMILES string of the molecule is CCC(C)(CO)NC(=O)CS(C)(=O)=O. The zero-order valence-corrected chi connectivity index (χ0v) is 9.52. The smallest absolute Gasteiger partial charge is 0.235 e. The largest absolute Gasteiger partial charge is 0.394 e. The Morgan fingerprint density at radius 2 is 2.00 bits per heavy atom. The van der Waals surface area contributed by atoms with Crippen LogP contribution in [0.3, 0.4) is 0 Å². The number of carbonyl (C=O) groups is 1. The lowest BCUT2D eigenvalue weighted by Gasteiger charge is -2.26. The number of carbonyl (C=O) groups excluding carboxylic acids is 1. The predicted molar refractivity (Wildman–Crippen MR) is 53.6 cm³/mol. The summed E-state index contributed by atoms with van der Waals surface area (Å²) in [5, 5.41) is 11.4. The quantitative estimate of drug-likeness (QED) is 0.646. The molecule has 0 aliphatic heterocycles. The van der Waals surface area contributed by atoms with E-state index in [4.69, 9.17) is 5.11 Å². The van der Waals surface area contributed by atoms with Crippen LogP contribution < -0.4 is 5.32 Å². The first-order valence-electron chi connectivity index (χ1n) is 4.32. The summed E-state index contributed by atoms with van der Waals surface area (Å²) in [6.07, 6.45) is 1.54. The van der Waals surface area contributed by atoms with Crippen LogP contribution in [-0.2, 0) is 14.6 Å². The number of rotatable bonds is 5. The van der Waals surface area contributed by atoms with Crippen LogP contribution in [-0.4, -0.2) is 43.6 Å². The zero-order chi connectivity index (χ0) is 11.4. The summed E-state index contributed by atoms with van der Waals surface area (Å²) in [6.45, 7) is 3.25. The molecular weight excluding hydrogens is 206 g/mol. The number of hydrogen-bond donors (Lipinski definition) is 2. The molecule has 0 heterocycles. The van der Waals surface area contributed by atoms with E-state index in [1.165, 1.54) is 0 Å². The van der Waals surface area contributed by atoms with Crippen LogP contribution in [0.15, 0.2) is 0 Å². The fourth-order valence-corrected chi connectivity index (χ4v) is 1.40. The Labute approximate surface area is 84.4 Å². The van der Waals surface area contributed by atoms with Crippen molar-refractivity contribution in [1.29, 1.82) is 0 Å². The van der Waals surface area contributed by atoms with E-state index in [0.717, 1.165) is 6.26 Å². The molecule has 0 spiro atoms. The van der Waals surface area contributed by atoms with Crippen molar-refractivity contribution in [2.75, 3.05) is 18.6 Å². The number of aliphatic hydroxyl groups is 1. The van der Waals surface area contributed by atoms with Gasteiger partial charge in [0.15, 0.2) is 9.84 Å². The molecule has 0 aromatic rings. The number of sulfone groups is 1. The molecule has 1 unspecified atom stereocenters. The average molecular weight is 223 g/mol. The fraction of sp³-hybridized carbons (Fsp3) is 0.875. The van der Waals surface area contributed by atoms with E-state index in [-0.39, 0.29) is 6.61 Å². The minimum absolute atomic E-state index is 0.209. The van der Waals surface area contributed by atoms with Gasteiger partial charge in [-0.05, 0) is 13.3 Å². The second kappa shape index (κ2) is 4.75. The highest BCUT2D eigenvalue weighted by molar-refractivity contribution is 7.91. The second-order valence-corrected chi connectivity index (χ2v) is 5.83. The molecule has 0 saturated heterocycles. The molecule has 2 N–H and O–H groups in total. The summed E-state index contributed by atoms with van der Waals surface area (Å²) >= 11 is 0. The van der Waals surface area contributed by atoms with Crippen LogP contribution in [0.5, 0.6) is 0 Å². The third-order valence-corrected chi connectivity index (χ3v) is 2.75. The maximum Gasteiger partial charge on any atom is 0.235 e. The minimum atomic E-state index is -3.31. The Balaban J connectivity index is 4.32. The van der Waals surface area contributed by atoms with Crippen LogP contribution in [0.25, 0.3) is 0 Å². The third kappa shape index (κ3) is 5.18. The summed E-state index contributed by atoms with van der Waals surface area (Å²) in [4.78, 5) is 11.2. The van der Waals surface area contributed by atoms with E-state index in [2.05, 4.69) is 5.32 Å². The summed E-state index contributed by atoms with van der Waals surface area (Å²) in [5.41, 5.74) is -0.734. The number of hydrogen-bond acceptors (Lipinski definition) is 4. The summed E-state index contributed by atoms with van der Waals surface area (Å²) in [5.74, 6) is -1.12. The summed E-state index contributed by atoms with van der Waals surface area (Å²) in [7, 11) is -3.31. The number of amides is 1. The van der Waals surface area contributed by atoms with Gasteiger partial charge in [-0.25, -0.2) is 8.42 Å². The van der Waals surface area contributed by atoms with Gasteiger partial charge in [0, 0.05) is 6.26 Å². The lowest BCUT2D eigenvalue weighted by molar-refractivity contribution is -0.120. The van der Waals surface area contributed by atoms with Crippen LogP contribution in [0, 0.1) is 0 Å². The van der Waals surface area contributed by atoms with Gasteiger partial charge in [0.1, 0.15) is 5.75 Å². The van der Waals surface area contributed by atoms with Crippen molar-refractivity contribution in [2.24, 2.45) is 0 Å². The summed E-state index contributed by atoms with van der Waals surface area (Å²) in [6, 6.07) is 0. The Bertz CT molecular complexity index is 292. The highest BCUT2D eigenvalue weighted by atomic mass is 32.2. The molecule has 6 heteroatoms. The van der Waals surface area contributed by atoms with Crippen LogP contribution >= 0.6 is 0 Å². The number of aliphatic hydroxyl groups excluding tert-OH is 1. The van der Waals surface area contributed by atoms with Gasteiger partial charge in [-0.2, -0.15) is 0 Å². The molecule has 1 atom stereocenters. The van der Waals surface area contributed by atoms with Crippen LogP contribution in [0.1, 0.15) is 20.3 Å². The van der Waals surface area contributed by atoms with E-state index >= 15 is 0 Å². The van der Waals surface area contributed by atoms with Gasteiger partial charge in [-0.1, -0.05) is 6.92 Å². The fourth-order valence-electron chi connectivity index (χ4n) is 0.851. The Morgan fingerprint density at radius 3 is 2.29 bits per heavy atom. The first-order chi connectivity index (χ1) is 6.22. The lowest BCUT2D eigenvalue weighted by atomic mass is 10.0. The molecule has 0 aromatic heterocycles. The molecule has 0 bridgehead atoms. The first kappa shape index (κ1) is 13.4. The maximum atomic E-state index is 11.2. The molecule has 0 radical (unpaired) electrons. The maximum absolute atomic E-state index is 11.2. The molecule has 0 saturated carbocycles. The molecular formula is C8H17NO4S. The molecule has 0 aliphatic carbocycles. The van der Waals surface area contributed by atoms with Crippen molar-refractivity contribution < 1.29 is 18.3 Å². The first-order valence-corrected chi connectivity index (χ1v) is 6.38. The van der Waals surface area contributed by atoms with Crippen molar-refractivity contribution in [3.8, 4) is 0 Å². The average Bonchev–Trinajstić information content (AvgIpc) is 2.00. The minimum Gasteiger partial charge on any atom is -0.394 e. The Hall–Kier alpha value is -0.620. The highest BCUT2D eigenvalue weighted by Crippen LogP contribution is 2.07. The van der Waals surface area contributed by atoms with Crippen molar-refractivity contribution in [3.05, 3.63) is 0 Å². The van der Waals surface area contributed by atoms with E-state index in [1.54, 1.807) is 13.8 Å². The predicted octanol–water partition coefficient (Wildman–Crippen LogP) is -0.692. The van der Waals surface area contributed by atoms with Gasteiger partial charge in [0.2, 0.25) is 5.91 Å². The van der Waals surface area contributed by atoms with Crippen molar-refractivity contribution in [1.82, 2.24) is 5.32 Å². The second-order valence-electron chi connectivity index (χ2n) is 3.69. The molecule has 0 fully saturated rings. The van der Waals surface area contributed by atoms with Crippen molar-refractivity contribution >= 4 is 15.7 Å². The normalized spacial score (nSPS) is 16.0. The van der Waals surface area contributed by atoms with E-state index in [1.807, 2.05) is 0 Å². The van der Waals surface area contributed by atoms with Gasteiger partial charge >= 0.3 is 0 Å². The van der Waals surface area contributed by atoms with Crippen LogP contribution in [0.2, 0.25) is 0 Å². The molecule has 5 nitrogen and oxygen atoms in total. The lowest BCUT2D eigenvalue weighted by Crippen LogP contribution is -2.50. The standard InChI is InChI=1S/C8H17NO4S/c1-4-8(2,6-10)9-7(11)5-14(3,12)13/h10H,4-6H2,1-3H3,(H,9,11). The van der Waals surface area contributed by atoms with Crippen molar-refractivity contribution in [3.63, 3.8) is 0 Å². The topological polar surface area (TPSA) is 83.5 Å². The summed E-state index contributed by atoms with van der Waals surface area (Å²) < 4.78 is 21.6. The van der Waals surface area contributed by atoms with E-state index in [0.29, 0.717) is 6.42 Å². The monoisotopic (exact) mass is 223 g/mol. The van der Waals surface area contributed by atoms with E-state index in [9.17, 15) is 13.2 Å². The molecule has 0 aromatic carbocycles. The van der Waals surface area contributed by atoms with Crippen molar-refractivity contribution in [2.45, 2.75) is 25.8 Å². The van der Waals surface area contributed by atoms with Gasteiger partial charge < -0.3 is 10.4 Å². The zero-order valence-electron chi connectivity index (χ0n) is 8.70. The Morgan fingerprint density at radius 1 is 1.50 bits per heavy atom. The third-order valence-electron chi connectivity index (χ3n) is 1.96. The van der Waals surface area contributed by atoms with E-state index < -0.39 is 27.0 Å². The molecule has 14 heavy (non-hydrogen) atoms. The van der Waals surface area contributed by atoms with Gasteiger partial charge in [0.05, 0.1) is 12.1 Å². The van der Waals surface area contributed by atoms with Gasteiger partial charge in [-0.3, -0.25) is 4.79 Å². The van der Waals surface area contributed by atoms with Gasteiger partial charge in [0.25, 0.3) is 0 Å². The Kier molecular flexibility index (Phi) is 4.54. The number of nitrogens with one attached hydrogen (secondary N) is 1. The van der Waals surface area contributed by atoms with Crippen LogP contribution in [0.4, 0.5) is 0 Å². The molecule has 84 valence electrons. The molecule has 0 rings (SSSR count). The van der Waals surface area contributed by atoms with Gasteiger partial charge in [-0.15, -0.1) is 0 Å².